The third-order valence-corrected chi connectivity index (χ3v) is 3.72. The maximum Gasteiger partial charge on any atom is 0.0670 e. The van der Waals surface area contributed by atoms with Gasteiger partial charge in [0.25, 0.3) is 0 Å². The topological polar surface area (TPSA) is 0 Å². The zero-order valence-electron chi connectivity index (χ0n) is 8.68. The highest BCUT2D eigenvalue weighted by Gasteiger charge is 2.08. The average molecular weight is 306 g/mol. The SMILES string of the molecule is ClCc1cc(Cl)cc(-c2cccc(Cl)c2Cl)c1. The summed E-state index contributed by atoms with van der Waals surface area (Å²) in [7, 11) is 0. The van der Waals surface area contributed by atoms with Crippen LogP contribution in [0.25, 0.3) is 11.1 Å². The van der Waals surface area contributed by atoms with E-state index in [0.717, 1.165) is 16.7 Å². The Morgan fingerprint density at radius 3 is 2.41 bits per heavy atom. The summed E-state index contributed by atoms with van der Waals surface area (Å²) >= 11 is 24.0. The molecule has 0 atom stereocenters. The van der Waals surface area contributed by atoms with Gasteiger partial charge in [-0.1, -0.05) is 46.9 Å². The lowest BCUT2D eigenvalue weighted by Gasteiger charge is -2.08. The highest BCUT2D eigenvalue weighted by molar-refractivity contribution is 6.43. The van der Waals surface area contributed by atoms with E-state index in [-0.39, 0.29) is 0 Å². The van der Waals surface area contributed by atoms with Crippen LogP contribution in [0.1, 0.15) is 5.56 Å². The molecule has 2 aromatic rings. The number of hydrogen-bond donors (Lipinski definition) is 0. The first-order chi connectivity index (χ1) is 8.11. The Kier molecular flexibility index (Phi) is 4.22. The largest absolute Gasteiger partial charge is 0.122 e. The van der Waals surface area contributed by atoms with Crippen LogP contribution in [0.5, 0.6) is 0 Å². The summed E-state index contributed by atoms with van der Waals surface area (Å²) in [5, 5.41) is 1.68. The Morgan fingerprint density at radius 2 is 1.71 bits per heavy atom. The van der Waals surface area contributed by atoms with Crippen molar-refractivity contribution in [3.63, 3.8) is 0 Å². The van der Waals surface area contributed by atoms with E-state index in [9.17, 15) is 0 Å². The van der Waals surface area contributed by atoms with E-state index in [1.54, 1.807) is 6.07 Å². The fourth-order valence-corrected chi connectivity index (χ4v) is 2.43. The number of benzene rings is 2. The molecule has 0 aliphatic carbocycles. The molecule has 0 N–H and O–H groups in total. The minimum Gasteiger partial charge on any atom is -0.122 e. The van der Waals surface area contributed by atoms with Crippen molar-refractivity contribution in [1.29, 1.82) is 0 Å². The summed E-state index contributed by atoms with van der Waals surface area (Å²) in [5.74, 6) is 0.408. The fraction of sp³-hybridized carbons (Fsp3) is 0.0769. The molecule has 2 aromatic carbocycles. The van der Waals surface area contributed by atoms with Crippen molar-refractivity contribution in [2.45, 2.75) is 5.88 Å². The third kappa shape index (κ3) is 2.89. The van der Waals surface area contributed by atoms with Crippen LogP contribution in [0, 0.1) is 0 Å². The standard InChI is InChI=1S/C13H8Cl4/c14-7-8-4-9(6-10(15)5-8)11-2-1-3-12(16)13(11)17/h1-6H,7H2. The van der Waals surface area contributed by atoms with Gasteiger partial charge >= 0.3 is 0 Å². The van der Waals surface area contributed by atoms with Crippen LogP contribution in [0.2, 0.25) is 15.1 Å². The van der Waals surface area contributed by atoms with Crippen molar-refractivity contribution in [2.24, 2.45) is 0 Å². The molecule has 0 unspecified atom stereocenters. The molecule has 0 amide bonds. The molecule has 17 heavy (non-hydrogen) atoms. The maximum absolute atomic E-state index is 6.17. The Bertz CT molecular complexity index is 549. The Balaban J connectivity index is 2.60. The van der Waals surface area contributed by atoms with Gasteiger partial charge in [0.2, 0.25) is 0 Å². The molecule has 0 aliphatic rings. The molecule has 0 radical (unpaired) electrons. The molecule has 0 aromatic heterocycles. The average Bonchev–Trinajstić information content (AvgIpc) is 2.31. The Hall–Kier alpha value is -0.400. The minimum atomic E-state index is 0.408. The van der Waals surface area contributed by atoms with E-state index in [1.165, 1.54) is 0 Å². The molecule has 0 heterocycles. The molecule has 4 heteroatoms. The van der Waals surface area contributed by atoms with Gasteiger partial charge in [-0.05, 0) is 35.4 Å². The molecule has 0 bridgehead atoms. The Morgan fingerprint density at radius 1 is 0.941 bits per heavy atom. The molecule has 0 aliphatic heterocycles. The highest BCUT2D eigenvalue weighted by Crippen LogP contribution is 2.35. The van der Waals surface area contributed by atoms with Crippen molar-refractivity contribution >= 4 is 46.4 Å². The van der Waals surface area contributed by atoms with Crippen LogP contribution in [0.3, 0.4) is 0 Å². The van der Waals surface area contributed by atoms with Gasteiger partial charge in [-0.25, -0.2) is 0 Å². The summed E-state index contributed by atoms with van der Waals surface area (Å²) in [6.07, 6.45) is 0. The van der Waals surface area contributed by atoms with Crippen molar-refractivity contribution in [3.8, 4) is 11.1 Å². The van der Waals surface area contributed by atoms with Crippen molar-refractivity contribution in [2.75, 3.05) is 0 Å². The van der Waals surface area contributed by atoms with Gasteiger partial charge in [-0.2, -0.15) is 0 Å². The second kappa shape index (κ2) is 5.49. The quantitative estimate of drug-likeness (QED) is 0.592. The number of hydrogen-bond acceptors (Lipinski definition) is 0. The van der Waals surface area contributed by atoms with E-state index in [4.69, 9.17) is 46.4 Å². The zero-order valence-corrected chi connectivity index (χ0v) is 11.7. The van der Waals surface area contributed by atoms with Crippen LogP contribution in [0.15, 0.2) is 36.4 Å². The lowest BCUT2D eigenvalue weighted by atomic mass is 10.0. The van der Waals surface area contributed by atoms with Crippen LogP contribution in [-0.2, 0) is 5.88 Å². The van der Waals surface area contributed by atoms with Gasteiger partial charge in [0.15, 0.2) is 0 Å². The third-order valence-electron chi connectivity index (χ3n) is 2.37. The van der Waals surface area contributed by atoms with Gasteiger partial charge in [0, 0.05) is 16.5 Å². The van der Waals surface area contributed by atoms with Crippen LogP contribution < -0.4 is 0 Å². The van der Waals surface area contributed by atoms with Gasteiger partial charge in [-0.3, -0.25) is 0 Å². The molecule has 2 rings (SSSR count). The lowest BCUT2D eigenvalue weighted by molar-refractivity contribution is 1.40. The predicted molar refractivity (Wildman–Crippen MR) is 76.5 cm³/mol. The van der Waals surface area contributed by atoms with E-state index in [2.05, 4.69) is 0 Å². The molecule has 0 nitrogen and oxygen atoms in total. The zero-order chi connectivity index (χ0) is 12.4. The van der Waals surface area contributed by atoms with Crippen molar-refractivity contribution in [1.82, 2.24) is 0 Å². The lowest BCUT2D eigenvalue weighted by Crippen LogP contribution is -1.84. The Labute approximate surface area is 120 Å². The molecular weight excluding hydrogens is 298 g/mol. The summed E-state index contributed by atoms with van der Waals surface area (Å²) in [6.45, 7) is 0. The number of alkyl halides is 1. The van der Waals surface area contributed by atoms with Crippen LogP contribution >= 0.6 is 46.4 Å². The van der Waals surface area contributed by atoms with Crippen molar-refractivity contribution < 1.29 is 0 Å². The van der Waals surface area contributed by atoms with Crippen LogP contribution in [0.4, 0.5) is 0 Å². The van der Waals surface area contributed by atoms with Gasteiger partial charge in [-0.15, -0.1) is 11.6 Å². The van der Waals surface area contributed by atoms with E-state index < -0.39 is 0 Å². The smallest absolute Gasteiger partial charge is 0.0670 e. The molecule has 0 spiro atoms. The second-order valence-electron chi connectivity index (χ2n) is 3.58. The summed E-state index contributed by atoms with van der Waals surface area (Å²) in [6, 6.07) is 11.1. The van der Waals surface area contributed by atoms with E-state index in [0.29, 0.717) is 20.9 Å². The first kappa shape index (κ1) is 13.0. The summed E-state index contributed by atoms with van der Waals surface area (Å²) < 4.78 is 0. The minimum absolute atomic E-state index is 0.408. The van der Waals surface area contributed by atoms with E-state index in [1.807, 2.05) is 30.3 Å². The second-order valence-corrected chi connectivity index (χ2v) is 5.07. The maximum atomic E-state index is 6.17. The van der Waals surface area contributed by atoms with Gasteiger partial charge in [0.05, 0.1) is 10.0 Å². The summed E-state index contributed by atoms with van der Waals surface area (Å²) in [5.41, 5.74) is 2.72. The monoisotopic (exact) mass is 304 g/mol. The first-order valence-corrected chi connectivity index (χ1v) is 6.58. The normalized spacial score (nSPS) is 10.6. The summed E-state index contributed by atoms with van der Waals surface area (Å²) in [4.78, 5) is 0. The highest BCUT2D eigenvalue weighted by atomic mass is 35.5. The van der Waals surface area contributed by atoms with Gasteiger partial charge < -0.3 is 0 Å². The molecule has 0 saturated heterocycles. The predicted octanol–water partition coefficient (Wildman–Crippen LogP) is 6.05. The molecule has 88 valence electrons. The fourth-order valence-electron chi connectivity index (χ4n) is 1.61. The van der Waals surface area contributed by atoms with Gasteiger partial charge in [0.1, 0.15) is 0 Å². The number of rotatable bonds is 2. The number of halogens is 4. The first-order valence-electron chi connectivity index (χ1n) is 4.91. The molecule has 0 saturated carbocycles. The molecular formula is C13H8Cl4. The van der Waals surface area contributed by atoms with E-state index >= 15 is 0 Å². The molecule has 0 fully saturated rings. The van der Waals surface area contributed by atoms with Crippen LogP contribution in [-0.4, -0.2) is 0 Å². The van der Waals surface area contributed by atoms with Crippen molar-refractivity contribution in [3.05, 3.63) is 57.0 Å².